The Morgan fingerprint density at radius 1 is 1.29 bits per heavy atom. The topological polar surface area (TPSA) is 76.3 Å². The van der Waals surface area contributed by atoms with Crippen molar-refractivity contribution in [1.29, 1.82) is 0 Å². The van der Waals surface area contributed by atoms with Gasteiger partial charge in [0.15, 0.2) is 5.17 Å². The fraction of sp³-hybridized carbons (Fsp3) is 0.231. The van der Waals surface area contributed by atoms with Gasteiger partial charge in [0.05, 0.1) is 6.54 Å². The van der Waals surface area contributed by atoms with Crippen LogP contribution in [-0.4, -0.2) is 35.7 Å². The summed E-state index contributed by atoms with van der Waals surface area (Å²) in [5.41, 5.74) is 1.20. The molecular formula is C13H14N4O2S2. The molecule has 1 aromatic heterocycles. The summed E-state index contributed by atoms with van der Waals surface area (Å²) in [5, 5.41) is 4.72. The molecule has 110 valence electrons. The number of sulfonamides is 1. The first kappa shape index (κ1) is 14.2. The fourth-order valence-corrected chi connectivity index (χ4v) is 4.26. The molecule has 6 nitrogen and oxygen atoms in total. The van der Waals surface area contributed by atoms with Crippen LogP contribution in [0.1, 0.15) is 0 Å². The highest BCUT2D eigenvalue weighted by Gasteiger charge is 2.25. The summed E-state index contributed by atoms with van der Waals surface area (Å²) in [6.45, 7) is 0.640. The summed E-state index contributed by atoms with van der Waals surface area (Å²) >= 11 is 1.40. The van der Waals surface area contributed by atoms with Gasteiger partial charge in [0.1, 0.15) is 10.6 Å². The van der Waals surface area contributed by atoms with E-state index in [1.807, 2.05) is 30.3 Å². The Morgan fingerprint density at radius 2 is 2.05 bits per heavy atom. The number of aryl methyl sites for hydroxylation is 1. The highest BCUT2D eigenvalue weighted by Crippen LogP contribution is 2.26. The Kier molecular flexibility index (Phi) is 3.73. The predicted octanol–water partition coefficient (Wildman–Crippen LogP) is 1.47. The molecule has 1 N–H and O–H groups in total. The molecule has 1 aromatic carbocycles. The van der Waals surface area contributed by atoms with Crippen LogP contribution in [0.5, 0.6) is 0 Å². The van der Waals surface area contributed by atoms with E-state index in [0.717, 1.165) is 11.3 Å². The lowest BCUT2D eigenvalue weighted by Crippen LogP contribution is -2.27. The Hall–Kier alpha value is -1.80. The molecule has 8 heteroatoms. The van der Waals surface area contributed by atoms with Crippen LogP contribution in [-0.2, 0) is 17.1 Å². The average molecular weight is 322 g/mol. The van der Waals surface area contributed by atoms with E-state index in [-0.39, 0.29) is 4.90 Å². The first-order valence-corrected chi connectivity index (χ1v) is 8.82. The maximum absolute atomic E-state index is 12.5. The van der Waals surface area contributed by atoms with Crippen LogP contribution in [0, 0.1) is 0 Å². The molecule has 0 saturated heterocycles. The normalized spacial score (nSPS) is 15.0. The van der Waals surface area contributed by atoms with E-state index in [4.69, 9.17) is 0 Å². The van der Waals surface area contributed by atoms with Gasteiger partial charge in [0.25, 0.3) is 10.0 Å². The molecule has 3 rings (SSSR count). The molecule has 21 heavy (non-hydrogen) atoms. The van der Waals surface area contributed by atoms with Crippen molar-refractivity contribution in [3.8, 4) is 11.3 Å². The van der Waals surface area contributed by atoms with E-state index < -0.39 is 10.0 Å². The van der Waals surface area contributed by atoms with Gasteiger partial charge in [-0.15, -0.1) is 0 Å². The molecular weight excluding hydrogens is 308 g/mol. The molecule has 0 fully saturated rings. The summed E-state index contributed by atoms with van der Waals surface area (Å²) < 4.78 is 29.1. The van der Waals surface area contributed by atoms with Crippen LogP contribution in [0.3, 0.4) is 0 Å². The van der Waals surface area contributed by atoms with Gasteiger partial charge >= 0.3 is 0 Å². The number of hydrogen-bond acceptors (Lipinski definition) is 5. The zero-order valence-electron chi connectivity index (χ0n) is 11.4. The predicted molar refractivity (Wildman–Crippen MR) is 83.7 cm³/mol. The highest BCUT2D eigenvalue weighted by molar-refractivity contribution is 8.15. The van der Waals surface area contributed by atoms with E-state index in [2.05, 4.69) is 14.8 Å². The van der Waals surface area contributed by atoms with E-state index in [0.29, 0.717) is 17.4 Å². The van der Waals surface area contributed by atoms with Gasteiger partial charge < -0.3 is 0 Å². The molecule has 0 radical (unpaired) electrons. The lowest BCUT2D eigenvalue weighted by atomic mass is 10.2. The summed E-state index contributed by atoms with van der Waals surface area (Å²) in [6.07, 6.45) is 1.50. The maximum atomic E-state index is 12.5. The SMILES string of the molecule is Cn1cc(S(=O)(=O)NC2=NCCS2)c(-c2ccccc2)n1. The molecule has 0 bridgehead atoms. The molecule has 2 aromatic rings. The summed E-state index contributed by atoms with van der Waals surface area (Å²) in [5.74, 6) is 0.802. The van der Waals surface area contributed by atoms with Crippen molar-refractivity contribution in [3.63, 3.8) is 0 Å². The van der Waals surface area contributed by atoms with Crippen molar-refractivity contribution >= 4 is 27.0 Å². The minimum Gasteiger partial charge on any atom is -0.274 e. The monoisotopic (exact) mass is 322 g/mol. The molecule has 2 heterocycles. The van der Waals surface area contributed by atoms with Crippen LogP contribution in [0.2, 0.25) is 0 Å². The molecule has 0 atom stereocenters. The summed E-state index contributed by atoms with van der Waals surface area (Å²) in [7, 11) is -1.98. The average Bonchev–Trinajstić information content (AvgIpc) is 3.09. The minimum atomic E-state index is -3.69. The Morgan fingerprint density at radius 3 is 2.71 bits per heavy atom. The second-order valence-electron chi connectivity index (χ2n) is 4.52. The van der Waals surface area contributed by atoms with Crippen molar-refractivity contribution in [2.24, 2.45) is 12.0 Å². The molecule has 1 aliphatic rings. The third kappa shape index (κ3) is 2.96. The lowest BCUT2D eigenvalue weighted by molar-refractivity contribution is 0.593. The van der Waals surface area contributed by atoms with Crippen molar-refractivity contribution in [1.82, 2.24) is 14.5 Å². The van der Waals surface area contributed by atoms with Gasteiger partial charge in [-0.05, 0) is 0 Å². The van der Waals surface area contributed by atoms with E-state index in [1.165, 1.54) is 22.6 Å². The van der Waals surface area contributed by atoms with Gasteiger partial charge in [0.2, 0.25) is 0 Å². The quantitative estimate of drug-likeness (QED) is 0.928. The van der Waals surface area contributed by atoms with Crippen molar-refractivity contribution in [3.05, 3.63) is 36.5 Å². The zero-order chi connectivity index (χ0) is 14.9. The van der Waals surface area contributed by atoms with Gasteiger partial charge in [0, 0.05) is 24.6 Å². The van der Waals surface area contributed by atoms with Crippen molar-refractivity contribution < 1.29 is 8.42 Å². The fourth-order valence-electron chi connectivity index (χ4n) is 2.03. The Bertz CT molecular complexity index is 782. The van der Waals surface area contributed by atoms with E-state index in [9.17, 15) is 8.42 Å². The molecule has 1 aliphatic heterocycles. The molecule has 0 aliphatic carbocycles. The lowest BCUT2D eigenvalue weighted by Gasteiger charge is -2.06. The number of benzene rings is 1. The standard InChI is InChI=1S/C13H14N4O2S2/c1-17-9-11(12(15-17)10-5-3-2-4-6-10)21(18,19)16-13-14-7-8-20-13/h2-6,9H,7-8H2,1H3,(H,14,16). The van der Waals surface area contributed by atoms with Crippen LogP contribution in [0.4, 0.5) is 0 Å². The van der Waals surface area contributed by atoms with E-state index >= 15 is 0 Å². The molecule has 0 spiro atoms. The van der Waals surface area contributed by atoms with Crippen molar-refractivity contribution in [2.45, 2.75) is 4.90 Å². The van der Waals surface area contributed by atoms with Crippen molar-refractivity contribution in [2.75, 3.05) is 12.3 Å². The molecule has 0 unspecified atom stereocenters. The summed E-state index contributed by atoms with van der Waals surface area (Å²) in [6, 6.07) is 9.25. The number of amidine groups is 1. The Balaban J connectivity index is 2.02. The third-order valence-corrected chi connectivity index (χ3v) is 5.30. The van der Waals surface area contributed by atoms with Gasteiger partial charge in [-0.25, -0.2) is 8.42 Å². The Labute approximate surface area is 127 Å². The first-order valence-electron chi connectivity index (χ1n) is 6.35. The number of thioether (sulfide) groups is 1. The largest absolute Gasteiger partial charge is 0.274 e. The van der Waals surface area contributed by atoms with Crippen LogP contribution in [0.15, 0.2) is 46.4 Å². The molecule has 0 saturated carbocycles. The zero-order valence-corrected chi connectivity index (χ0v) is 13.0. The van der Waals surface area contributed by atoms with E-state index in [1.54, 1.807) is 7.05 Å². The number of rotatable bonds is 3. The minimum absolute atomic E-state index is 0.159. The van der Waals surface area contributed by atoms with Crippen LogP contribution >= 0.6 is 11.8 Å². The van der Waals surface area contributed by atoms with Gasteiger partial charge in [-0.3, -0.25) is 14.4 Å². The third-order valence-electron chi connectivity index (χ3n) is 2.94. The number of aliphatic imine (C=N–C) groups is 1. The highest BCUT2D eigenvalue weighted by atomic mass is 32.2. The second-order valence-corrected chi connectivity index (χ2v) is 7.26. The molecule has 0 amide bonds. The number of nitrogens with one attached hydrogen (secondary N) is 1. The van der Waals surface area contributed by atoms with Crippen LogP contribution in [0.25, 0.3) is 11.3 Å². The number of aromatic nitrogens is 2. The smallest absolute Gasteiger partial charge is 0.267 e. The second kappa shape index (κ2) is 5.53. The van der Waals surface area contributed by atoms with Gasteiger partial charge in [-0.1, -0.05) is 42.1 Å². The summed E-state index contributed by atoms with van der Waals surface area (Å²) in [4.78, 5) is 4.28. The van der Waals surface area contributed by atoms with Gasteiger partial charge in [-0.2, -0.15) is 5.10 Å². The number of nitrogens with zero attached hydrogens (tertiary/aromatic N) is 3. The number of hydrogen-bond donors (Lipinski definition) is 1. The first-order chi connectivity index (χ1) is 10.1. The van der Waals surface area contributed by atoms with Crippen LogP contribution < -0.4 is 4.72 Å². The maximum Gasteiger partial charge on any atom is 0.267 e.